The van der Waals surface area contributed by atoms with Crippen LogP contribution in [0.4, 0.5) is 5.69 Å². The summed E-state index contributed by atoms with van der Waals surface area (Å²) in [6, 6.07) is 11.3. The minimum atomic E-state index is -0.0826. The third kappa shape index (κ3) is 4.91. The average molecular weight is 396 g/mol. The number of anilines is 1. The molecule has 0 aliphatic carbocycles. The largest absolute Gasteiger partial charge is 0.497 e. The Kier molecular flexibility index (Phi) is 6.36. The van der Waals surface area contributed by atoms with Gasteiger partial charge in [-0.2, -0.15) is 0 Å². The topological polar surface area (TPSA) is 47.6 Å². The van der Waals surface area contributed by atoms with Crippen molar-refractivity contribution in [1.29, 1.82) is 0 Å². The summed E-state index contributed by atoms with van der Waals surface area (Å²) in [5.41, 5.74) is 1.77. The van der Waals surface area contributed by atoms with Crippen LogP contribution >= 0.6 is 27.7 Å². The molecule has 2 rings (SSSR count). The molecule has 2 aromatic rings. The number of carbonyl (C=O) groups excluding carboxylic acids is 1. The van der Waals surface area contributed by atoms with Crippen LogP contribution in [0.2, 0.25) is 0 Å². The first-order chi connectivity index (χ1) is 11.0. The van der Waals surface area contributed by atoms with Gasteiger partial charge in [0.15, 0.2) is 0 Å². The van der Waals surface area contributed by atoms with Gasteiger partial charge in [-0.25, -0.2) is 0 Å². The number of ether oxygens (including phenoxy) is 2. The molecule has 1 amide bonds. The molecule has 0 saturated carbocycles. The Hall–Kier alpha value is -1.66. The number of hydrogen-bond donors (Lipinski definition) is 1. The second-order valence-electron chi connectivity index (χ2n) is 4.81. The molecule has 0 aliphatic rings. The first kappa shape index (κ1) is 17.7. The average Bonchev–Trinajstić information content (AvgIpc) is 2.54. The summed E-state index contributed by atoms with van der Waals surface area (Å²) in [6.45, 7) is 2.03. The fourth-order valence-corrected chi connectivity index (χ4v) is 3.29. The van der Waals surface area contributed by atoms with Gasteiger partial charge in [0.25, 0.3) is 0 Å². The summed E-state index contributed by atoms with van der Waals surface area (Å²) < 4.78 is 11.5. The van der Waals surface area contributed by atoms with E-state index in [2.05, 4.69) is 21.2 Å². The molecule has 122 valence electrons. The first-order valence-corrected chi connectivity index (χ1v) is 8.72. The van der Waals surface area contributed by atoms with Crippen LogP contribution < -0.4 is 14.8 Å². The molecule has 6 heteroatoms. The van der Waals surface area contributed by atoms with E-state index in [1.165, 1.54) is 11.8 Å². The van der Waals surface area contributed by atoms with Gasteiger partial charge in [-0.1, -0.05) is 15.9 Å². The maximum atomic E-state index is 12.2. The van der Waals surface area contributed by atoms with Crippen LogP contribution in [0.25, 0.3) is 0 Å². The van der Waals surface area contributed by atoms with Crippen LogP contribution in [0, 0.1) is 6.92 Å². The van der Waals surface area contributed by atoms with Gasteiger partial charge in [-0.3, -0.25) is 4.79 Å². The first-order valence-electron chi connectivity index (χ1n) is 6.94. The van der Waals surface area contributed by atoms with Gasteiger partial charge in [0, 0.05) is 15.4 Å². The maximum Gasteiger partial charge on any atom is 0.234 e. The molecule has 23 heavy (non-hydrogen) atoms. The van der Waals surface area contributed by atoms with Crippen molar-refractivity contribution in [3.05, 3.63) is 46.4 Å². The summed E-state index contributed by atoms with van der Waals surface area (Å²) in [4.78, 5) is 13.2. The summed E-state index contributed by atoms with van der Waals surface area (Å²) in [5, 5.41) is 2.86. The molecule has 2 aromatic carbocycles. The highest BCUT2D eigenvalue weighted by Crippen LogP contribution is 2.30. The summed E-state index contributed by atoms with van der Waals surface area (Å²) >= 11 is 4.94. The number of aryl methyl sites for hydroxylation is 1. The molecule has 0 bridgehead atoms. The summed E-state index contributed by atoms with van der Waals surface area (Å²) in [7, 11) is 3.15. The van der Waals surface area contributed by atoms with Crippen LogP contribution in [0.1, 0.15) is 5.56 Å². The lowest BCUT2D eigenvalue weighted by Crippen LogP contribution is -2.14. The molecule has 0 radical (unpaired) electrons. The monoisotopic (exact) mass is 395 g/mol. The number of nitrogens with one attached hydrogen (secondary N) is 1. The van der Waals surface area contributed by atoms with Gasteiger partial charge in [-0.15, -0.1) is 11.8 Å². The molecule has 0 atom stereocenters. The predicted molar refractivity (Wildman–Crippen MR) is 97.8 cm³/mol. The Labute approximate surface area is 148 Å². The van der Waals surface area contributed by atoms with E-state index in [0.717, 1.165) is 14.9 Å². The smallest absolute Gasteiger partial charge is 0.234 e. The van der Waals surface area contributed by atoms with E-state index in [4.69, 9.17) is 9.47 Å². The lowest BCUT2D eigenvalue weighted by Gasteiger charge is -2.12. The highest BCUT2D eigenvalue weighted by molar-refractivity contribution is 9.10. The molecule has 0 saturated heterocycles. The van der Waals surface area contributed by atoms with Crippen LogP contribution in [0.5, 0.6) is 11.5 Å². The zero-order valence-electron chi connectivity index (χ0n) is 13.2. The second-order valence-corrected chi connectivity index (χ2v) is 6.75. The van der Waals surface area contributed by atoms with Gasteiger partial charge >= 0.3 is 0 Å². The van der Waals surface area contributed by atoms with Crippen molar-refractivity contribution in [3.8, 4) is 11.5 Å². The van der Waals surface area contributed by atoms with Crippen molar-refractivity contribution in [3.63, 3.8) is 0 Å². The minimum absolute atomic E-state index is 0.0826. The quantitative estimate of drug-likeness (QED) is 0.731. The standard InChI is InChI=1S/C17H18BrNO3S/c1-11-8-12(18)4-7-16(11)23-10-17(20)19-14-6-5-13(21-2)9-15(14)22-3/h4-9H,10H2,1-3H3,(H,19,20). The van der Waals surface area contributed by atoms with E-state index < -0.39 is 0 Å². The van der Waals surface area contributed by atoms with E-state index in [0.29, 0.717) is 22.9 Å². The molecule has 4 nitrogen and oxygen atoms in total. The fourth-order valence-electron chi connectivity index (χ4n) is 2.01. The van der Waals surface area contributed by atoms with Crippen molar-refractivity contribution in [2.24, 2.45) is 0 Å². The number of halogens is 1. The molecular weight excluding hydrogens is 378 g/mol. The van der Waals surface area contributed by atoms with E-state index >= 15 is 0 Å². The van der Waals surface area contributed by atoms with Gasteiger partial charge in [0.1, 0.15) is 11.5 Å². The zero-order valence-corrected chi connectivity index (χ0v) is 15.6. The van der Waals surface area contributed by atoms with Gasteiger partial charge in [0.2, 0.25) is 5.91 Å². The lowest BCUT2D eigenvalue weighted by molar-refractivity contribution is -0.113. The number of benzene rings is 2. The van der Waals surface area contributed by atoms with Gasteiger partial charge in [-0.05, 0) is 42.8 Å². The molecule has 0 fully saturated rings. The van der Waals surface area contributed by atoms with Crippen LogP contribution in [0.15, 0.2) is 45.8 Å². The minimum Gasteiger partial charge on any atom is -0.497 e. The van der Waals surface area contributed by atoms with E-state index in [9.17, 15) is 4.79 Å². The van der Waals surface area contributed by atoms with Crippen molar-refractivity contribution in [1.82, 2.24) is 0 Å². The SMILES string of the molecule is COc1ccc(NC(=O)CSc2ccc(Br)cc2C)c(OC)c1. The normalized spacial score (nSPS) is 10.3. The number of methoxy groups -OCH3 is 2. The number of carbonyl (C=O) groups is 1. The van der Waals surface area contributed by atoms with Crippen molar-refractivity contribution in [2.45, 2.75) is 11.8 Å². The van der Waals surface area contributed by atoms with Crippen molar-refractivity contribution < 1.29 is 14.3 Å². The Morgan fingerprint density at radius 2 is 1.96 bits per heavy atom. The summed E-state index contributed by atoms with van der Waals surface area (Å²) in [6.07, 6.45) is 0. The molecule has 0 spiro atoms. The van der Waals surface area contributed by atoms with E-state index in [-0.39, 0.29) is 5.91 Å². The molecule has 0 aromatic heterocycles. The molecule has 0 aliphatic heterocycles. The van der Waals surface area contributed by atoms with Crippen LogP contribution in [0.3, 0.4) is 0 Å². The van der Waals surface area contributed by atoms with Crippen molar-refractivity contribution >= 4 is 39.3 Å². The van der Waals surface area contributed by atoms with Crippen LogP contribution in [-0.2, 0) is 4.79 Å². The van der Waals surface area contributed by atoms with Crippen molar-refractivity contribution in [2.75, 3.05) is 25.3 Å². The van der Waals surface area contributed by atoms with E-state index in [1.54, 1.807) is 32.4 Å². The molecule has 0 unspecified atom stereocenters. The highest BCUT2D eigenvalue weighted by Gasteiger charge is 2.10. The Morgan fingerprint density at radius 1 is 1.17 bits per heavy atom. The molecule has 1 N–H and O–H groups in total. The molecular formula is C17H18BrNO3S. The third-order valence-electron chi connectivity index (χ3n) is 3.18. The second kappa shape index (κ2) is 8.26. The van der Waals surface area contributed by atoms with Gasteiger partial charge < -0.3 is 14.8 Å². The number of hydrogen-bond acceptors (Lipinski definition) is 4. The fraction of sp³-hybridized carbons (Fsp3) is 0.235. The number of amides is 1. The Morgan fingerprint density at radius 3 is 2.61 bits per heavy atom. The zero-order chi connectivity index (χ0) is 16.8. The van der Waals surface area contributed by atoms with Crippen LogP contribution in [-0.4, -0.2) is 25.9 Å². The lowest BCUT2D eigenvalue weighted by atomic mass is 10.2. The number of thioether (sulfide) groups is 1. The Balaban J connectivity index is 1.99. The van der Waals surface area contributed by atoms with Gasteiger partial charge in [0.05, 0.1) is 25.7 Å². The van der Waals surface area contributed by atoms with E-state index in [1.807, 2.05) is 25.1 Å². The number of rotatable bonds is 6. The highest BCUT2D eigenvalue weighted by atomic mass is 79.9. The third-order valence-corrected chi connectivity index (χ3v) is 4.85. The molecule has 0 heterocycles. The predicted octanol–water partition coefficient (Wildman–Crippen LogP) is 4.51. The summed E-state index contributed by atoms with van der Waals surface area (Å²) in [5.74, 6) is 1.50. The maximum absolute atomic E-state index is 12.2. The Bertz CT molecular complexity index is 706.